The van der Waals surface area contributed by atoms with E-state index in [4.69, 9.17) is 10.5 Å². The van der Waals surface area contributed by atoms with E-state index in [-0.39, 0.29) is 23.3 Å². The highest BCUT2D eigenvalue weighted by Gasteiger charge is 2.60. The number of carbonyl (C=O) groups is 1. The highest BCUT2D eigenvalue weighted by molar-refractivity contribution is 5.81. The molecule has 4 heteroatoms. The Labute approximate surface area is 127 Å². The number of carbonyl (C=O) groups excluding carboxylic acids is 1. The minimum Gasteiger partial charge on any atom is -0.378 e. The van der Waals surface area contributed by atoms with E-state index in [2.05, 4.69) is 12.2 Å². The molecule has 4 aliphatic rings. The summed E-state index contributed by atoms with van der Waals surface area (Å²) in [4.78, 5) is 12.7. The van der Waals surface area contributed by atoms with E-state index >= 15 is 0 Å². The maximum atomic E-state index is 12.7. The summed E-state index contributed by atoms with van der Waals surface area (Å²) in [6.45, 7) is 2.84. The predicted molar refractivity (Wildman–Crippen MR) is 80.5 cm³/mol. The van der Waals surface area contributed by atoms with Crippen molar-refractivity contribution in [2.45, 2.75) is 70.1 Å². The zero-order valence-corrected chi connectivity index (χ0v) is 13.0. The molecule has 1 spiro atoms. The van der Waals surface area contributed by atoms with Crippen molar-refractivity contribution in [3.8, 4) is 0 Å². The van der Waals surface area contributed by atoms with Crippen LogP contribution in [0, 0.1) is 23.2 Å². The molecule has 4 rings (SSSR count). The molecule has 0 aromatic rings. The van der Waals surface area contributed by atoms with Crippen LogP contribution in [0.2, 0.25) is 0 Å². The highest BCUT2D eigenvalue weighted by Crippen LogP contribution is 2.57. The topological polar surface area (TPSA) is 64.3 Å². The molecule has 6 atom stereocenters. The average molecular weight is 292 g/mol. The Morgan fingerprint density at radius 2 is 2.05 bits per heavy atom. The van der Waals surface area contributed by atoms with Gasteiger partial charge < -0.3 is 15.8 Å². The van der Waals surface area contributed by atoms with Crippen LogP contribution in [-0.2, 0) is 9.53 Å². The maximum absolute atomic E-state index is 12.7. The second-order valence-corrected chi connectivity index (χ2v) is 7.76. The molecule has 0 heterocycles. The lowest BCUT2D eigenvalue weighted by atomic mass is 9.51. The van der Waals surface area contributed by atoms with Crippen LogP contribution in [0.3, 0.4) is 0 Å². The maximum Gasteiger partial charge on any atom is 0.225 e. The quantitative estimate of drug-likeness (QED) is 0.831. The lowest BCUT2D eigenvalue weighted by Crippen LogP contribution is -2.68. The fourth-order valence-corrected chi connectivity index (χ4v) is 5.63. The summed E-state index contributed by atoms with van der Waals surface area (Å²) in [6.07, 6.45) is 8.69. The molecule has 4 saturated carbocycles. The number of nitrogens with two attached hydrogens (primary N) is 1. The zero-order chi connectivity index (χ0) is 14.6. The number of hydrogen-bond donors (Lipinski definition) is 2. The van der Waals surface area contributed by atoms with Gasteiger partial charge in [-0.15, -0.1) is 0 Å². The molecule has 0 radical (unpaired) electrons. The van der Waals surface area contributed by atoms with Crippen LogP contribution in [0.5, 0.6) is 0 Å². The molecule has 1 amide bonds. The summed E-state index contributed by atoms with van der Waals surface area (Å²) in [5.74, 6) is 1.46. The van der Waals surface area contributed by atoms with Gasteiger partial charge in [-0.3, -0.25) is 4.79 Å². The van der Waals surface area contributed by atoms with Crippen LogP contribution >= 0.6 is 0 Å². The Bertz CT molecular complexity index is 433. The van der Waals surface area contributed by atoms with Crippen LogP contribution in [0.15, 0.2) is 0 Å². The van der Waals surface area contributed by atoms with Crippen molar-refractivity contribution in [3.63, 3.8) is 0 Å². The second kappa shape index (κ2) is 4.95. The van der Waals surface area contributed by atoms with Crippen LogP contribution in [0.1, 0.15) is 51.9 Å². The number of rotatable bonds is 4. The molecule has 0 aromatic heterocycles. The first-order valence-corrected chi connectivity index (χ1v) is 8.83. The number of fused-ring (bicyclic) bond motifs is 2. The predicted octanol–water partition coefficient (Wildman–Crippen LogP) is 1.82. The molecule has 21 heavy (non-hydrogen) atoms. The van der Waals surface area contributed by atoms with E-state index in [1.54, 1.807) is 0 Å². The molecule has 4 nitrogen and oxygen atoms in total. The van der Waals surface area contributed by atoms with Gasteiger partial charge >= 0.3 is 0 Å². The van der Waals surface area contributed by atoms with Crippen molar-refractivity contribution in [1.82, 2.24) is 5.32 Å². The third-order valence-electron chi connectivity index (χ3n) is 7.04. The lowest BCUT2D eigenvalue weighted by Gasteiger charge is -2.61. The second-order valence-electron chi connectivity index (χ2n) is 7.76. The van der Waals surface area contributed by atoms with Gasteiger partial charge in [0.15, 0.2) is 0 Å². The largest absolute Gasteiger partial charge is 0.378 e. The van der Waals surface area contributed by atoms with E-state index in [0.29, 0.717) is 24.0 Å². The molecule has 4 aliphatic carbocycles. The monoisotopic (exact) mass is 292 g/mol. The van der Waals surface area contributed by atoms with E-state index < -0.39 is 0 Å². The Morgan fingerprint density at radius 3 is 2.62 bits per heavy atom. The molecule has 0 aliphatic heterocycles. The summed E-state index contributed by atoms with van der Waals surface area (Å²) in [5.41, 5.74) is 6.56. The van der Waals surface area contributed by atoms with E-state index in [1.807, 2.05) is 0 Å². The van der Waals surface area contributed by atoms with Gasteiger partial charge in [0, 0.05) is 24.1 Å². The van der Waals surface area contributed by atoms with Crippen molar-refractivity contribution >= 4 is 5.91 Å². The molecule has 6 unspecified atom stereocenters. The first-order valence-electron chi connectivity index (χ1n) is 8.83. The van der Waals surface area contributed by atoms with Crippen molar-refractivity contribution in [1.29, 1.82) is 0 Å². The highest BCUT2D eigenvalue weighted by atomic mass is 16.5. The minimum absolute atomic E-state index is 0.0759. The fraction of sp³-hybridized carbons (Fsp3) is 0.941. The van der Waals surface area contributed by atoms with Crippen LogP contribution in [0.4, 0.5) is 0 Å². The Morgan fingerprint density at radius 1 is 1.29 bits per heavy atom. The molecule has 4 fully saturated rings. The Balaban J connectivity index is 1.39. The normalized spacial score (nSPS) is 46.2. The van der Waals surface area contributed by atoms with Crippen molar-refractivity contribution in [2.24, 2.45) is 28.9 Å². The fourth-order valence-electron chi connectivity index (χ4n) is 5.63. The first-order chi connectivity index (χ1) is 10.2. The standard InChI is InChI=1S/C17H28N2O2/c1-2-21-13-9-12(17(13)6-3-7-17)19-16(20)14-10-4-5-11(8-10)15(14)18/h10-15H,2-9,18H2,1H3,(H,19,20). The van der Waals surface area contributed by atoms with Gasteiger partial charge in [0.1, 0.15) is 0 Å². The average Bonchev–Trinajstić information content (AvgIpc) is 2.95. The molecular formula is C17H28N2O2. The van der Waals surface area contributed by atoms with E-state index in [9.17, 15) is 4.79 Å². The summed E-state index contributed by atoms with van der Waals surface area (Å²) < 4.78 is 5.87. The van der Waals surface area contributed by atoms with E-state index in [1.165, 1.54) is 38.5 Å². The van der Waals surface area contributed by atoms with Gasteiger partial charge in [0.2, 0.25) is 5.91 Å². The third kappa shape index (κ3) is 1.91. The van der Waals surface area contributed by atoms with E-state index in [0.717, 1.165) is 13.0 Å². The molecule has 2 bridgehead atoms. The first kappa shape index (κ1) is 14.0. The number of hydrogen-bond acceptors (Lipinski definition) is 3. The molecule has 0 aromatic carbocycles. The smallest absolute Gasteiger partial charge is 0.225 e. The van der Waals surface area contributed by atoms with Crippen LogP contribution in [-0.4, -0.2) is 30.7 Å². The molecular weight excluding hydrogens is 264 g/mol. The van der Waals surface area contributed by atoms with Crippen molar-refractivity contribution in [3.05, 3.63) is 0 Å². The Kier molecular flexibility index (Phi) is 3.30. The summed E-state index contributed by atoms with van der Waals surface area (Å²) in [7, 11) is 0. The zero-order valence-electron chi connectivity index (χ0n) is 13.0. The number of nitrogens with one attached hydrogen (secondary N) is 1. The number of ether oxygens (including phenoxy) is 1. The molecule has 0 saturated heterocycles. The summed E-state index contributed by atoms with van der Waals surface area (Å²) in [6, 6.07) is 0.436. The minimum atomic E-state index is 0.0759. The third-order valence-corrected chi connectivity index (χ3v) is 7.04. The Hall–Kier alpha value is -0.610. The molecule has 118 valence electrons. The van der Waals surface area contributed by atoms with Crippen LogP contribution in [0.25, 0.3) is 0 Å². The van der Waals surface area contributed by atoms with Crippen LogP contribution < -0.4 is 11.1 Å². The van der Waals surface area contributed by atoms with Crippen molar-refractivity contribution in [2.75, 3.05) is 6.61 Å². The van der Waals surface area contributed by atoms with Gasteiger partial charge in [0.05, 0.1) is 12.0 Å². The van der Waals surface area contributed by atoms with Gasteiger partial charge in [-0.25, -0.2) is 0 Å². The molecule has 3 N–H and O–H groups in total. The van der Waals surface area contributed by atoms with Gasteiger partial charge in [0.25, 0.3) is 0 Å². The van der Waals surface area contributed by atoms with Crippen molar-refractivity contribution < 1.29 is 9.53 Å². The van der Waals surface area contributed by atoms with Gasteiger partial charge in [-0.05, 0) is 57.3 Å². The van der Waals surface area contributed by atoms with Gasteiger partial charge in [-0.2, -0.15) is 0 Å². The number of amides is 1. The summed E-state index contributed by atoms with van der Waals surface area (Å²) >= 11 is 0. The lowest BCUT2D eigenvalue weighted by molar-refractivity contribution is -0.177. The van der Waals surface area contributed by atoms with Gasteiger partial charge in [-0.1, -0.05) is 6.42 Å². The summed E-state index contributed by atoms with van der Waals surface area (Å²) in [5, 5.41) is 3.36. The SMILES string of the molecule is CCOC1CC(NC(=O)C2C3CCC(C3)C2N)C12CCC2.